The molecule has 0 bridgehead atoms. The van der Waals surface area contributed by atoms with Gasteiger partial charge in [-0.2, -0.15) is 0 Å². The minimum Gasteiger partial charge on any atom is -0.296 e. The second kappa shape index (κ2) is 4.63. The Hall–Kier alpha value is -0.750. The first-order chi connectivity index (χ1) is 7.56. The van der Waals surface area contributed by atoms with Gasteiger partial charge in [-0.05, 0) is 37.9 Å². The fourth-order valence-corrected chi connectivity index (χ4v) is 3.01. The summed E-state index contributed by atoms with van der Waals surface area (Å²) < 4.78 is 1.67. The third kappa shape index (κ3) is 2.49. The van der Waals surface area contributed by atoms with Crippen molar-refractivity contribution in [3.05, 3.63) is 26.9 Å². The Balaban J connectivity index is 2.29. The third-order valence-electron chi connectivity index (χ3n) is 2.37. The van der Waals surface area contributed by atoms with Crippen LogP contribution >= 0.6 is 31.9 Å². The molecule has 1 N–H and O–H groups in total. The molecule has 0 aliphatic carbocycles. The van der Waals surface area contributed by atoms with Crippen LogP contribution in [0.2, 0.25) is 0 Å². The van der Waals surface area contributed by atoms with Gasteiger partial charge in [-0.3, -0.25) is 19.9 Å². The highest BCUT2D eigenvalue weighted by Gasteiger charge is 2.28. The van der Waals surface area contributed by atoms with E-state index in [9.17, 15) is 9.59 Å². The molecule has 4 nitrogen and oxygen atoms in total. The van der Waals surface area contributed by atoms with Gasteiger partial charge in [-0.25, -0.2) is 0 Å². The number of hydrogen-bond acceptors (Lipinski definition) is 3. The molecule has 1 saturated heterocycles. The quantitative estimate of drug-likeness (QED) is 0.792. The van der Waals surface area contributed by atoms with Crippen molar-refractivity contribution in [3.8, 4) is 0 Å². The molecule has 0 radical (unpaired) electrons. The smallest absolute Gasteiger partial charge is 0.227 e. The molecule has 1 aliphatic heterocycles. The van der Waals surface area contributed by atoms with E-state index >= 15 is 0 Å². The van der Waals surface area contributed by atoms with Crippen molar-refractivity contribution in [1.29, 1.82) is 0 Å². The summed E-state index contributed by atoms with van der Waals surface area (Å²) in [4.78, 5) is 26.7. The summed E-state index contributed by atoms with van der Waals surface area (Å²) in [7, 11) is 0. The van der Waals surface area contributed by atoms with Crippen LogP contribution in [0.5, 0.6) is 0 Å². The molecule has 6 heteroatoms. The summed E-state index contributed by atoms with van der Waals surface area (Å²) in [6, 6.07) is 1.86. The topological polar surface area (TPSA) is 59.1 Å². The lowest BCUT2D eigenvalue weighted by molar-refractivity contribution is -0.133. The van der Waals surface area contributed by atoms with Crippen LogP contribution in [0.15, 0.2) is 21.2 Å². The van der Waals surface area contributed by atoms with Crippen molar-refractivity contribution >= 4 is 43.7 Å². The lowest BCUT2D eigenvalue weighted by Crippen LogP contribution is -2.38. The Labute approximate surface area is 109 Å². The van der Waals surface area contributed by atoms with Gasteiger partial charge in [0.2, 0.25) is 11.8 Å². The van der Waals surface area contributed by atoms with Crippen molar-refractivity contribution in [3.63, 3.8) is 0 Å². The monoisotopic (exact) mass is 346 g/mol. The Morgan fingerprint density at radius 1 is 1.25 bits per heavy atom. The number of nitrogens with one attached hydrogen (secondary N) is 1. The molecule has 1 fully saturated rings. The van der Waals surface area contributed by atoms with Gasteiger partial charge in [-0.15, -0.1) is 0 Å². The van der Waals surface area contributed by atoms with E-state index in [1.54, 1.807) is 6.20 Å². The molecule has 0 saturated carbocycles. The largest absolute Gasteiger partial charge is 0.296 e. The van der Waals surface area contributed by atoms with Gasteiger partial charge in [0, 0.05) is 33.9 Å². The molecule has 0 aromatic carbocycles. The molecule has 0 unspecified atom stereocenters. The van der Waals surface area contributed by atoms with E-state index in [1.807, 2.05) is 6.07 Å². The van der Waals surface area contributed by atoms with Crippen LogP contribution in [0.25, 0.3) is 0 Å². The standard InChI is InChI=1S/C10H8Br2N2O2/c11-6-3-7(12)10(13-4-6)5-1-8(15)14-9(16)2-5/h3-5H,1-2H2,(H,14,15,16). The highest BCUT2D eigenvalue weighted by atomic mass is 79.9. The van der Waals surface area contributed by atoms with Crippen LogP contribution in [0.4, 0.5) is 0 Å². The summed E-state index contributed by atoms with van der Waals surface area (Å²) in [5.41, 5.74) is 0.756. The minimum atomic E-state index is -0.238. The molecular weight excluding hydrogens is 340 g/mol. The average Bonchev–Trinajstić information content (AvgIpc) is 2.15. The Morgan fingerprint density at radius 2 is 1.88 bits per heavy atom. The Morgan fingerprint density at radius 3 is 2.44 bits per heavy atom. The number of rotatable bonds is 1. The van der Waals surface area contributed by atoms with E-state index < -0.39 is 0 Å². The lowest BCUT2D eigenvalue weighted by atomic mass is 9.93. The molecule has 2 heterocycles. The van der Waals surface area contributed by atoms with Crippen LogP contribution < -0.4 is 5.32 Å². The third-order valence-corrected chi connectivity index (χ3v) is 3.43. The molecule has 1 aromatic rings. The van der Waals surface area contributed by atoms with Crippen molar-refractivity contribution in [1.82, 2.24) is 10.3 Å². The van der Waals surface area contributed by atoms with Gasteiger partial charge in [0.25, 0.3) is 0 Å². The minimum absolute atomic E-state index is 0.135. The van der Waals surface area contributed by atoms with E-state index in [0.717, 1.165) is 14.6 Å². The molecule has 1 aliphatic rings. The van der Waals surface area contributed by atoms with Crippen LogP contribution in [0, 0.1) is 0 Å². The van der Waals surface area contributed by atoms with Crippen LogP contribution in [0.1, 0.15) is 24.5 Å². The molecule has 16 heavy (non-hydrogen) atoms. The van der Waals surface area contributed by atoms with Gasteiger partial charge < -0.3 is 0 Å². The zero-order chi connectivity index (χ0) is 11.7. The van der Waals surface area contributed by atoms with Crippen molar-refractivity contribution in [2.24, 2.45) is 0 Å². The summed E-state index contributed by atoms with van der Waals surface area (Å²) >= 11 is 6.69. The summed E-state index contributed by atoms with van der Waals surface area (Å²) in [5.74, 6) is -0.612. The number of halogens is 2. The number of nitrogens with zero attached hydrogens (tertiary/aromatic N) is 1. The summed E-state index contributed by atoms with van der Waals surface area (Å²) in [6.07, 6.45) is 2.27. The molecule has 0 spiro atoms. The first-order valence-corrected chi connectivity index (χ1v) is 6.28. The first kappa shape index (κ1) is 11.7. The predicted octanol–water partition coefficient (Wildman–Crippen LogP) is 2.13. The van der Waals surface area contributed by atoms with E-state index in [-0.39, 0.29) is 17.7 Å². The number of carbonyl (C=O) groups excluding carboxylic acids is 2. The number of piperidine rings is 1. The van der Waals surface area contributed by atoms with Crippen LogP contribution in [0.3, 0.4) is 0 Å². The zero-order valence-electron chi connectivity index (χ0n) is 8.17. The molecule has 1 aromatic heterocycles. The van der Waals surface area contributed by atoms with E-state index in [2.05, 4.69) is 42.2 Å². The number of hydrogen-bond donors (Lipinski definition) is 1. The van der Waals surface area contributed by atoms with Gasteiger partial charge >= 0.3 is 0 Å². The molecule has 2 rings (SSSR count). The van der Waals surface area contributed by atoms with Crippen LogP contribution in [-0.2, 0) is 9.59 Å². The van der Waals surface area contributed by atoms with Crippen molar-refractivity contribution in [2.45, 2.75) is 18.8 Å². The Kier molecular flexibility index (Phi) is 3.39. The zero-order valence-corrected chi connectivity index (χ0v) is 11.3. The number of amides is 2. The molecule has 0 atom stereocenters. The fraction of sp³-hybridized carbons (Fsp3) is 0.300. The van der Waals surface area contributed by atoms with Gasteiger partial charge in [0.15, 0.2) is 0 Å². The average molecular weight is 348 g/mol. The maximum absolute atomic E-state index is 11.3. The van der Waals surface area contributed by atoms with Crippen molar-refractivity contribution in [2.75, 3.05) is 0 Å². The fourth-order valence-electron chi connectivity index (χ4n) is 1.70. The SMILES string of the molecule is O=C1CC(c2ncc(Br)cc2Br)CC(=O)N1. The Bertz CT molecular complexity index is 446. The van der Waals surface area contributed by atoms with E-state index in [0.29, 0.717) is 12.8 Å². The maximum atomic E-state index is 11.3. The summed E-state index contributed by atoms with van der Waals surface area (Å²) in [6.45, 7) is 0. The molecule has 2 amide bonds. The highest BCUT2D eigenvalue weighted by Crippen LogP contribution is 2.31. The van der Waals surface area contributed by atoms with Gasteiger partial charge in [0.05, 0.1) is 5.69 Å². The predicted molar refractivity (Wildman–Crippen MR) is 64.8 cm³/mol. The van der Waals surface area contributed by atoms with E-state index in [1.165, 1.54) is 0 Å². The second-order valence-electron chi connectivity index (χ2n) is 3.60. The highest BCUT2D eigenvalue weighted by molar-refractivity contribution is 9.11. The van der Waals surface area contributed by atoms with Gasteiger partial charge in [0.1, 0.15) is 0 Å². The molecule has 84 valence electrons. The summed E-state index contributed by atoms with van der Waals surface area (Å²) in [5, 5.41) is 2.28. The van der Waals surface area contributed by atoms with Crippen molar-refractivity contribution < 1.29 is 9.59 Å². The lowest BCUT2D eigenvalue weighted by Gasteiger charge is -2.21. The number of imide groups is 1. The maximum Gasteiger partial charge on any atom is 0.227 e. The molecular formula is C10H8Br2N2O2. The van der Waals surface area contributed by atoms with E-state index in [4.69, 9.17) is 0 Å². The number of pyridine rings is 1. The van der Waals surface area contributed by atoms with Crippen LogP contribution in [-0.4, -0.2) is 16.8 Å². The number of aromatic nitrogens is 1. The van der Waals surface area contributed by atoms with Gasteiger partial charge in [-0.1, -0.05) is 0 Å². The second-order valence-corrected chi connectivity index (χ2v) is 5.37. The first-order valence-electron chi connectivity index (χ1n) is 4.70. The number of carbonyl (C=O) groups is 2. The normalized spacial score (nSPS) is 17.4.